The van der Waals surface area contributed by atoms with Crippen molar-refractivity contribution in [1.29, 1.82) is 0 Å². The third-order valence-electron chi connectivity index (χ3n) is 8.96. The van der Waals surface area contributed by atoms with Gasteiger partial charge in [-0.1, -0.05) is 30.2 Å². The van der Waals surface area contributed by atoms with Crippen LogP contribution in [0.2, 0.25) is 0 Å². The van der Waals surface area contributed by atoms with Gasteiger partial charge in [0.05, 0.1) is 26.1 Å². The normalized spacial score (nSPS) is 31.9. The van der Waals surface area contributed by atoms with Gasteiger partial charge in [0.15, 0.2) is 0 Å². The van der Waals surface area contributed by atoms with Gasteiger partial charge >= 0.3 is 6.03 Å². The Kier molecular flexibility index (Phi) is 6.23. The zero-order valence-corrected chi connectivity index (χ0v) is 21.0. The summed E-state index contributed by atoms with van der Waals surface area (Å²) in [6.07, 6.45) is 9.63. The Hall–Kier alpha value is -2.87. The average molecular weight is 493 g/mol. The summed E-state index contributed by atoms with van der Waals surface area (Å²) in [6, 6.07) is 6.89. The molecule has 0 aromatic heterocycles. The molecule has 0 radical (unpaired) electrons. The molecule has 4 heterocycles. The first-order valence-corrected chi connectivity index (χ1v) is 13.5. The number of methoxy groups -OCH3 is 1. The first-order valence-electron chi connectivity index (χ1n) is 13.5. The third-order valence-corrected chi connectivity index (χ3v) is 8.96. The Bertz CT molecular complexity index is 1070. The molecule has 0 saturated carbocycles. The van der Waals surface area contributed by atoms with Crippen LogP contribution >= 0.6 is 0 Å². The van der Waals surface area contributed by atoms with Crippen LogP contribution < -0.4 is 10.1 Å². The lowest BCUT2D eigenvalue weighted by Crippen LogP contribution is -2.60. The maximum atomic E-state index is 13.6. The summed E-state index contributed by atoms with van der Waals surface area (Å²) < 4.78 is 5.18. The predicted octanol–water partition coefficient (Wildman–Crippen LogP) is 2.93. The molecule has 1 aromatic carbocycles. The van der Waals surface area contributed by atoms with Crippen molar-refractivity contribution in [2.45, 2.75) is 69.6 Å². The van der Waals surface area contributed by atoms with Gasteiger partial charge in [-0.2, -0.15) is 0 Å². The number of hydrogen-bond donors (Lipinski definition) is 1. The van der Waals surface area contributed by atoms with Crippen LogP contribution in [-0.2, 0) is 16.1 Å². The zero-order valence-electron chi connectivity index (χ0n) is 21.0. The maximum Gasteiger partial charge on any atom is 0.325 e. The number of carbonyl (C=O) groups is 3. The zero-order chi connectivity index (χ0) is 24.8. The van der Waals surface area contributed by atoms with Gasteiger partial charge in [0.25, 0.3) is 5.91 Å². The van der Waals surface area contributed by atoms with E-state index in [1.54, 1.807) is 7.11 Å². The molecule has 4 fully saturated rings. The van der Waals surface area contributed by atoms with Gasteiger partial charge in [0.1, 0.15) is 11.8 Å². The number of nitrogens with zero attached hydrogens (tertiary/aromatic N) is 3. The largest absolute Gasteiger partial charge is 0.497 e. The van der Waals surface area contributed by atoms with Crippen LogP contribution in [0.1, 0.15) is 50.5 Å². The number of ether oxygens (including phenoxy) is 1. The van der Waals surface area contributed by atoms with Gasteiger partial charge in [0, 0.05) is 19.1 Å². The van der Waals surface area contributed by atoms with E-state index in [9.17, 15) is 14.4 Å². The van der Waals surface area contributed by atoms with E-state index in [0.29, 0.717) is 17.9 Å². The summed E-state index contributed by atoms with van der Waals surface area (Å²) in [7, 11) is 1.60. The second-order valence-corrected chi connectivity index (χ2v) is 11.1. The predicted molar refractivity (Wildman–Crippen MR) is 134 cm³/mol. The minimum absolute atomic E-state index is 0.0187. The van der Waals surface area contributed by atoms with Crippen molar-refractivity contribution < 1.29 is 19.1 Å². The van der Waals surface area contributed by atoms with Crippen LogP contribution in [0.15, 0.2) is 35.9 Å². The highest BCUT2D eigenvalue weighted by atomic mass is 16.5. The number of hydrogen-bond acceptors (Lipinski definition) is 5. The summed E-state index contributed by atoms with van der Waals surface area (Å²) in [6.45, 7) is 3.16. The van der Waals surface area contributed by atoms with Crippen LogP contribution in [0.5, 0.6) is 5.75 Å². The van der Waals surface area contributed by atoms with Gasteiger partial charge in [-0.15, -0.1) is 0 Å². The molecular weight excluding hydrogens is 456 g/mol. The molecule has 6 rings (SSSR count). The SMILES string of the molecule is COc1ccc(CN2C(=O)N[C@@H](CC(=O)N3CCCC4=C[C@H]5C[C@@H](CN6CCCC[C@@H]56)[C@H]43)C2=O)cc1. The number of rotatable bonds is 5. The molecule has 0 spiro atoms. The molecule has 5 aliphatic rings. The van der Waals surface area contributed by atoms with Crippen molar-refractivity contribution in [2.75, 3.05) is 26.7 Å². The van der Waals surface area contributed by atoms with E-state index in [1.807, 2.05) is 29.2 Å². The Morgan fingerprint density at radius 1 is 1.11 bits per heavy atom. The van der Waals surface area contributed by atoms with Crippen molar-refractivity contribution in [1.82, 2.24) is 20.0 Å². The second kappa shape index (κ2) is 9.54. The molecule has 192 valence electrons. The van der Waals surface area contributed by atoms with E-state index in [0.717, 1.165) is 43.7 Å². The molecular formula is C28H36N4O4. The van der Waals surface area contributed by atoms with Crippen LogP contribution in [0, 0.1) is 11.8 Å². The maximum absolute atomic E-state index is 13.6. The van der Waals surface area contributed by atoms with Gasteiger partial charge in [0.2, 0.25) is 5.91 Å². The van der Waals surface area contributed by atoms with Crippen LogP contribution in [0.25, 0.3) is 0 Å². The summed E-state index contributed by atoms with van der Waals surface area (Å²) in [5, 5.41) is 2.76. The molecule has 5 atom stereocenters. The number of piperidine rings is 3. The van der Waals surface area contributed by atoms with E-state index in [-0.39, 0.29) is 30.8 Å². The smallest absolute Gasteiger partial charge is 0.325 e. The lowest BCUT2D eigenvalue weighted by molar-refractivity contribution is -0.139. The van der Waals surface area contributed by atoms with Gasteiger partial charge in [-0.3, -0.25) is 19.4 Å². The van der Waals surface area contributed by atoms with Crippen molar-refractivity contribution in [3.63, 3.8) is 0 Å². The number of likely N-dealkylation sites (tertiary alicyclic amines) is 1. The molecule has 1 aromatic rings. The van der Waals surface area contributed by atoms with Crippen LogP contribution in [-0.4, -0.2) is 77.4 Å². The average Bonchev–Trinajstić information content (AvgIpc) is 3.16. The number of nitrogens with one attached hydrogen (secondary N) is 1. The molecule has 4 saturated heterocycles. The fourth-order valence-electron chi connectivity index (χ4n) is 7.32. The molecule has 1 aliphatic carbocycles. The van der Waals surface area contributed by atoms with E-state index in [4.69, 9.17) is 4.74 Å². The Balaban J connectivity index is 1.14. The highest BCUT2D eigenvalue weighted by molar-refractivity contribution is 6.05. The summed E-state index contributed by atoms with van der Waals surface area (Å²) in [4.78, 5) is 45.2. The molecule has 0 unspecified atom stereocenters. The molecule has 2 bridgehead atoms. The lowest BCUT2D eigenvalue weighted by atomic mass is 9.68. The monoisotopic (exact) mass is 492 g/mol. The van der Waals surface area contributed by atoms with Crippen LogP contribution in [0.3, 0.4) is 0 Å². The molecule has 4 amide bonds. The number of carbonyl (C=O) groups excluding carboxylic acids is 3. The molecule has 1 N–H and O–H groups in total. The quantitative estimate of drug-likeness (QED) is 0.505. The van der Waals surface area contributed by atoms with Crippen LogP contribution in [0.4, 0.5) is 4.79 Å². The molecule has 4 aliphatic heterocycles. The minimum atomic E-state index is -0.799. The Labute approximate surface area is 212 Å². The minimum Gasteiger partial charge on any atom is -0.497 e. The number of fused-ring (bicyclic) bond motifs is 6. The first kappa shape index (κ1) is 23.5. The highest BCUT2D eigenvalue weighted by Crippen LogP contribution is 2.45. The number of urea groups is 1. The standard InChI is InChI=1S/C28H36N4O4/c1-36-22-9-7-18(8-10-22)16-32-27(34)23(29-28(32)35)15-25(33)31-12-4-5-19-13-20-14-21(26(19)31)17-30-11-3-2-6-24(20)30/h7-10,13,20-21,23-24,26H,2-6,11-12,14-17H2,1H3,(H,29,35)/t20-,21-,23-,24-,26-/m0/s1. The number of amides is 4. The fraction of sp³-hybridized carbons (Fsp3) is 0.607. The topological polar surface area (TPSA) is 82.2 Å². The van der Waals surface area contributed by atoms with E-state index < -0.39 is 12.1 Å². The van der Waals surface area contributed by atoms with Crippen molar-refractivity contribution >= 4 is 17.8 Å². The van der Waals surface area contributed by atoms with E-state index >= 15 is 0 Å². The molecule has 8 nitrogen and oxygen atoms in total. The summed E-state index contributed by atoms with van der Waals surface area (Å²) in [5.74, 6) is 1.46. The summed E-state index contributed by atoms with van der Waals surface area (Å²) >= 11 is 0. The fourth-order valence-corrected chi connectivity index (χ4v) is 7.32. The van der Waals surface area contributed by atoms with E-state index in [1.165, 1.54) is 36.3 Å². The Morgan fingerprint density at radius 3 is 2.75 bits per heavy atom. The van der Waals surface area contributed by atoms with Gasteiger partial charge < -0.3 is 15.0 Å². The van der Waals surface area contributed by atoms with E-state index in [2.05, 4.69) is 16.3 Å². The van der Waals surface area contributed by atoms with Crippen molar-refractivity contribution in [3.05, 3.63) is 41.5 Å². The van der Waals surface area contributed by atoms with Crippen molar-refractivity contribution in [2.24, 2.45) is 11.8 Å². The number of imide groups is 1. The van der Waals surface area contributed by atoms with Gasteiger partial charge in [-0.05, 0) is 68.2 Å². The molecule has 36 heavy (non-hydrogen) atoms. The molecule has 8 heteroatoms. The second-order valence-electron chi connectivity index (χ2n) is 11.1. The highest BCUT2D eigenvalue weighted by Gasteiger charge is 2.48. The van der Waals surface area contributed by atoms with Gasteiger partial charge in [-0.25, -0.2) is 4.79 Å². The van der Waals surface area contributed by atoms with Crippen molar-refractivity contribution in [3.8, 4) is 5.75 Å². The first-order chi connectivity index (χ1) is 17.5. The summed E-state index contributed by atoms with van der Waals surface area (Å²) in [5.41, 5.74) is 2.27. The third kappa shape index (κ3) is 4.19. The Morgan fingerprint density at radius 2 is 1.94 bits per heavy atom. The number of benzene rings is 1. The lowest BCUT2D eigenvalue weighted by Gasteiger charge is -2.54.